The Balaban J connectivity index is 2.36. The lowest BCUT2D eigenvalue weighted by atomic mass is 10.1. The summed E-state index contributed by atoms with van der Waals surface area (Å²) in [5.74, 6) is 0.240. The number of amides is 1. The van der Waals surface area contributed by atoms with Gasteiger partial charge in [0.2, 0.25) is 5.91 Å². The van der Waals surface area contributed by atoms with Crippen LogP contribution >= 0.6 is 23.2 Å². The van der Waals surface area contributed by atoms with Gasteiger partial charge in [-0.2, -0.15) is 5.11 Å². The molecule has 0 radical (unpaired) electrons. The highest BCUT2D eigenvalue weighted by Gasteiger charge is 2.10. The van der Waals surface area contributed by atoms with Crippen molar-refractivity contribution in [1.29, 1.82) is 0 Å². The van der Waals surface area contributed by atoms with Crippen LogP contribution in [0, 0.1) is 6.92 Å². The van der Waals surface area contributed by atoms with E-state index in [1.165, 1.54) is 14.0 Å². The van der Waals surface area contributed by atoms with Crippen molar-refractivity contribution >= 4 is 51.9 Å². The molecule has 0 aromatic heterocycles. The first kappa shape index (κ1) is 18.0. The molecule has 24 heavy (non-hydrogen) atoms. The third-order valence-corrected chi connectivity index (χ3v) is 3.76. The van der Waals surface area contributed by atoms with Gasteiger partial charge in [-0.05, 0) is 30.7 Å². The number of hydrogen-bond acceptors (Lipinski definition) is 5. The van der Waals surface area contributed by atoms with Crippen LogP contribution in [0.3, 0.4) is 0 Å². The summed E-state index contributed by atoms with van der Waals surface area (Å²) in [5, 5.41) is 11.4. The number of nitrogen functional groups attached to an aromatic ring is 1. The van der Waals surface area contributed by atoms with Crippen LogP contribution in [0.15, 0.2) is 34.5 Å². The van der Waals surface area contributed by atoms with Gasteiger partial charge in [0.25, 0.3) is 0 Å². The summed E-state index contributed by atoms with van der Waals surface area (Å²) in [4.78, 5) is 11.1. The van der Waals surface area contributed by atoms with Crippen LogP contribution in [-0.4, -0.2) is 13.0 Å². The molecule has 126 valence electrons. The van der Waals surface area contributed by atoms with Crippen LogP contribution in [0.2, 0.25) is 10.0 Å². The van der Waals surface area contributed by atoms with Gasteiger partial charge in [-0.3, -0.25) is 4.79 Å². The van der Waals surface area contributed by atoms with Crippen LogP contribution in [0.1, 0.15) is 12.5 Å². The van der Waals surface area contributed by atoms with Crippen LogP contribution in [0.4, 0.5) is 22.7 Å². The maximum atomic E-state index is 11.1. The van der Waals surface area contributed by atoms with Crippen molar-refractivity contribution < 1.29 is 9.53 Å². The summed E-state index contributed by atoms with van der Waals surface area (Å²) in [7, 11) is 1.53. The lowest BCUT2D eigenvalue weighted by molar-refractivity contribution is -0.114. The van der Waals surface area contributed by atoms with Crippen molar-refractivity contribution in [3.05, 3.63) is 39.9 Å². The number of carbonyl (C=O) groups excluding carboxylic acids is 1. The summed E-state index contributed by atoms with van der Waals surface area (Å²) in [6.07, 6.45) is 0. The first-order valence-corrected chi connectivity index (χ1v) is 7.70. The molecule has 2 aromatic rings. The van der Waals surface area contributed by atoms with E-state index in [0.29, 0.717) is 28.5 Å². The molecule has 2 aromatic carbocycles. The summed E-state index contributed by atoms with van der Waals surface area (Å²) in [5.41, 5.74) is 8.63. The number of nitrogens with two attached hydrogens (primary N) is 1. The molecule has 0 bridgehead atoms. The third kappa shape index (κ3) is 4.15. The maximum Gasteiger partial charge on any atom is 0.221 e. The van der Waals surface area contributed by atoms with E-state index < -0.39 is 0 Å². The monoisotopic (exact) mass is 366 g/mol. The SMILES string of the molecule is COc1cc(N)c(C)cc1N=Nc1cc(Cl)c(NC(C)=O)c(Cl)c1. The molecule has 8 heteroatoms. The molecule has 0 atom stereocenters. The summed E-state index contributed by atoms with van der Waals surface area (Å²) >= 11 is 12.2. The number of anilines is 2. The average molecular weight is 367 g/mol. The minimum Gasteiger partial charge on any atom is -0.494 e. The molecule has 2 rings (SSSR count). The van der Waals surface area contributed by atoms with E-state index in [9.17, 15) is 4.79 Å². The zero-order valence-corrected chi connectivity index (χ0v) is 14.9. The van der Waals surface area contributed by atoms with Gasteiger partial charge in [0.15, 0.2) is 0 Å². The molecule has 0 heterocycles. The van der Waals surface area contributed by atoms with Crippen molar-refractivity contribution in [2.45, 2.75) is 13.8 Å². The van der Waals surface area contributed by atoms with Crippen LogP contribution < -0.4 is 15.8 Å². The van der Waals surface area contributed by atoms with Gasteiger partial charge in [0.1, 0.15) is 11.4 Å². The molecule has 0 fully saturated rings. The van der Waals surface area contributed by atoms with E-state index in [2.05, 4.69) is 15.5 Å². The molecule has 3 N–H and O–H groups in total. The maximum absolute atomic E-state index is 11.1. The number of ether oxygens (including phenoxy) is 1. The normalized spacial score (nSPS) is 10.9. The molecule has 0 aliphatic carbocycles. The van der Waals surface area contributed by atoms with Crippen molar-refractivity contribution in [2.75, 3.05) is 18.2 Å². The van der Waals surface area contributed by atoms with E-state index in [1.54, 1.807) is 24.3 Å². The average Bonchev–Trinajstić information content (AvgIpc) is 2.51. The second-order valence-corrected chi connectivity index (χ2v) is 5.86. The first-order valence-electron chi connectivity index (χ1n) is 6.94. The Morgan fingerprint density at radius 3 is 2.33 bits per heavy atom. The van der Waals surface area contributed by atoms with E-state index in [4.69, 9.17) is 33.7 Å². The first-order chi connectivity index (χ1) is 11.3. The number of benzene rings is 2. The van der Waals surface area contributed by atoms with E-state index in [-0.39, 0.29) is 16.0 Å². The number of aryl methyl sites for hydroxylation is 1. The second-order valence-electron chi connectivity index (χ2n) is 5.05. The van der Waals surface area contributed by atoms with Gasteiger partial charge in [-0.15, -0.1) is 5.11 Å². The van der Waals surface area contributed by atoms with Gasteiger partial charge in [0.05, 0.1) is 28.5 Å². The quantitative estimate of drug-likeness (QED) is 0.570. The molecule has 0 aliphatic heterocycles. The van der Waals surface area contributed by atoms with E-state index in [1.807, 2.05) is 6.92 Å². The Kier molecular flexibility index (Phi) is 5.64. The van der Waals surface area contributed by atoms with Gasteiger partial charge < -0.3 is 15.8 Å². The number of nitrogens with one attached hydrogen (secondary N) is 1. The molecular weight excluding hydrogens is 351 g/mol. The number of halogens is 2. The van der Waals surface area contributed by atoms with Crippen molar-refractivity contribution in [1.82, 2.24) is 0 Å². The molecule has 0 spiro atoms. The van der Waals surface area contributed by atoms with Crippen molar-refractivity contribution in [3.63, 3.8) is 0 Å². The topological polar surface area (TPSA) is 89.1 Å². The minimum atomic E-state index is -0.268. The zero-order valence-electron chi connectivity index (χ0n) is 13.4. The molecule has 0 unspecified atom stereocenters. The summed E-state index contributed by atoms with van der Waals surface area (Å²) < 4.78 is 5.25. The number of methoxy groups -OCH3 is 1. The molecule has 0 saturated heterocycles. The summed E-state index contributed by atoms with van der Waals surface area (Å²) in [6, 6.07) is 6.56. The number of hydrogen-bond donors (Lipinski definition) is 2. The van der Waals surface area contributed by atoms with Gasteiger partial charge in [-0.25, -0.2) is 0 Å². The van der Waals surface area contributed by atoms with Crippen molar-refractivity contribution in [3.8, 4) is 5.75 Å². The van der Waals surface area contributed by atoms with Gasteiger partial charge in [-0.1, -0.05) is 23.2 Å². The Morgan fingerprint density at radius 2 is 1.79 bits per heavy atom. The highest BCUT2D eigenvalue weighted by Crippen LogP contribution is 2.37. The smallest absolute Gasteiger partial charge is 0.221 e. The zero-order chi connectivity index (χ0) is 17.9. The van der Waals surface area contributed by atoms with E-state index >= 15 is 0 Å². The van der Waals surface area contributed by atoms with E-state index in [0.717, 1.165) is 5.56 Å². The number of nitrogens with zero attached hydrogens (tertiary/aromatic N) is 2. The van der Waals surface area contributed by atoms with Crippen LogP contribution in [0.5, 0.6) is 5.75 Å². The van der Waals surface area contributed by atoms with Gasteiger partial charge in [0, 0.05) is 18.7 Å². The Labute approximate surface area is 149 Å². The number of carbonyl (C=O) groups is 1. The molecule has 0 aliphatic rings. The lowest BCUT2D eigenvalue weighted by Gasteiger charge is -2.09. The van der Waals surface area contributed by atoms with Crippen molar-refractivity contribution in [2.24, 2.45) is 10.2 Å². The Hall–Kier alpha value is -2.31. The highest BCUT2D eigenvalue weighted by molar-refractivity contribution is 6.40. The fourth-order valence-electron chi connectivity index (χ4n) is 1.95. The molecule has 0 saturated carbocycles. The lowest BCUT2D eigenvalue weighted by Crippen LogP contribution is -2.06. The fraction of sp³-hybridized carbons (Fsp3) is 0.188. The Bertz CT molecular complexity index is 799. The summed E-state index contributed by atoms with van der Waals surface area (Å²) in [6.45, 7) is 3.24. The van der Waals surface area contributed by atoms with Crippen LogP contribution in [-0.2, 0) is 4.79 Å². The molecular formula is C16H16Cl2N4O2. The predicted octanol–water partition coefficient (Wildman–Crippen LogP) is 5.27. The largest absolute Gasteiger partial charge is 0.494 e. The number of rotatable bonds is 4. The molecule has 1 amide bonds. The third-order valence-electron chi connectivity index (χ3n) is 3.17. The standard InChI is InChI=1S/C16H16Cl2N4O2/c1-8-4-14(15(24-3)7-13(8)19)22-21-10-5-11(17)16(12(18)6-10)20-9(2)23/h4-7H,19H2,1-3H3,(H,20,23). The minimum absolute atomic E-state index is 0.268. The molecule has 6 nitrogen and oxygen atoms in total. The van der Waals surface area contributed by atoms with Crippen LogP contribution in [0.25, 0.3) is 0 Å². The number of azo groups is 1. The van der Waals surface area contributed by atoms with Gasteiger partial charge >= 0.3 is 0 Å². The Morgan fingerprint density at radius 1 is 1.17 bits per heavy atom. The fourth-order valence-corrected chi connectivity index (χ4v) is 2.52. The highest BCUT2D eigenvalue weighted by atomic mass is 35.5. The predicted molar refractivity (Wildman–Crippen MR) is 97.1 cm³/mol. The second kappa shape index (κ2) is 7.51.